The van der Waals surface area contributed by atoms with Crippen LogP contribution in [0.2, 0.25) is 0 Å². The van der Waals surface area contributed by atoms with Crippen molar-refractivity contribution in [3.63, 3.8) is 0 Å². The predicted octanol–water partition coefficient (Wildman–Crippen LogP) is 4.06. The molecule has 0 radical (unpaired) electrons. The van der Waals surface area contributed by atoms with Crippen LogP contribution in [0.3, 0.4) is 0 Å². The van der Waals surface area contributed by atoms with E-state index in [1.165, 1.54) is 29.0 Å². The fourth-order valence-electron chi connectivity index (χ4n) is 2.47. The molecule has 3 rings (SSSR count). The Morgan fingerprint density at radius 1 is 1.16 bits per heavy atom. The first-order valence-corrected chi connectivity index (χ1v) is 8.61. The van der Waals surface area contributed by atoms with Crippen molar-refractivity contribution in [3.05, 3.63) is 44.8 Å². The highest BCUT2D eigenvalue weighted by molar-refractivity contribution is 7.11. The molecule has 1 atom stereocenters. The van der Waals surface area contributed by atoms with Crippen molar-refractivity contribution in [1.82, 2.24) is 5.32 Å². The lowest BCUT2D eigenvalue weighted by Crippen LogP contribution is -2.34. The maximum absolute atomic E-state index is 5.81. The summed E-state index contributed by atoms with van der Waals surface area (Å²) in [5, 5.41) is 7.99. The molecule has 2 aromatic rings. The predicted molar refractivity (Wildman–Crippen MR) is 82.1 cm³/mol. The zero-order valence-corrected chi connectivity index (χ0v) is 12.5. The van der Waals surface area contributed by atoms with E-state index in [2.05, 4.69) is 40.3 Å². The van der Waals surface area contributed by atoms with E-state index < -0.39 is 0 Å². The summed E-state index contributed by atoms with van der Waals surface area (Å²) in [5.41, 5.74) is 0. The standard InChI is InChI=1S/C15H19NOS2/c1-2-8-17-12(5-1)11-16-15(13-6-3-9-18-13)14-7-4-10-19-14/h3-4,6-7,9-10,12,15-16H,1-2,5,8,11H2. The van der Waals surface area contributed by atoms with Crippen LogP contribution in [0, 0.1) is 0 Å². The smallest absolute Gasteiger partial charge is 0.0765 e. The molecule has 0 aliphatic carbocycles. The van der Waals surface area contributed by atoms with E-state index in [1.807, 2.05) is 22.7 Å². The van der Waals surface area contributed by atoms with E-state index in [-0.39, 0.29) is 0 Å². The highest BCUT2D eigenvalue weighted by Crippen LogP contribution is 2.29. The average Bonchev–Trinajstić information content (AvgIpc) is 3.13. The second-order valence-corrected chi connectivity index (χ2v) is 6.82. The Labute approximate surface area is 122 Å². The molecule has 0 bridgehead atoms. The highest BCUT2D eigenvalue weighted by atomic mass is 32.1. The first-order valence-electron chi connectivity index (χ1n) is 6.85. The van der Waals surface area contributed by atoms with Gasteiger partial charge in [0.1, 0.15) is 0 Å². The summed E-state index contributed by atoms with van der Waals surface area (Å²) in [6.07, 6.45) is 4.09. The normalized spacial score (nSPS) is 19.9. The first-order chi connectivity index (χ1) is 9.43. The van der Waals surface area contributed by atoms with E-state index in [4.69, 9.17) is 4.74 Å². The van der Waals surface area contributed by atoms with Crippen LogP contribution in [0.15, 0.2) is 35.0 Å². The van der Waals surface area contributed by atoms with Crippen molar-refractivity contribution < 1.29 is 4.74 Å². The average molecular weight is 293 g/mol. The van der Waals surface area contributed by atoms with Gasteiger partial charge < -0.3 is 10.1 Å². The van der Waals surface area contributed by atoms with Gasteiger partial charge in [-0.3, -0.25) is 0 Å². The maximum Gasteiger partial charge on any atom is 0.0765 e. The minimum atomic E-state index is 0.325. The molecule has 3 heterocycles. The Hall–Kier alpha value is -0.680. The second kappa shape index (κ2) is 6.66. The largest absolute Gasteiger partial charge is 0.377 e. The van der Waals surface area contributed by atoms with E-state index >= 15 is 0 Å². The van der Waals surface area contributed by atoms with Crippen LogP contribution in [0.5, 0.6) is 0 Å². The van der Waals surface area contributed by atoms with Gasteiger partial charge >= 0.3 is 0 Å². The van der Waals surface area contributed by atoms with Crippen LogP contribution in [0.25, 0.3) is 0 Å². The maximum atomic E-state index is 5.81. The van der Waals surface area contributed by atoms with Gasteiger partial charge in [-0.05, 0) is 42.2 Å². The summed E-state index contributed by atoms with van der Waals surface area (Å²) in [4.78, 5) is 2.77. The third kappa shape index (κ3) is 3.45. The monoisotopic (exact) mass is 293 g/mol. The second-order valence-electron chi connectivity index (χ2n) is 4.86. The Kier molecular flexibility index (Phi) is 4.66. The van der Waals surface area contributed by atoms with Gasteiger partial charge in [0.15, 0.2) is 0 Å². The summed E-state index contributed by atoms with van der Waals surface area (Å²) in [7, 11) is 0. The molecule has 1 unspecified atom stereocenters. The lowest BCUT2D eigenvalue weighted by Gasteiger charge is -2.25. The minimum absolute atomic E-state index is 0.325. The van der Waals surface area contributed by atoms with Gasteiger partial charge in [0.05, 0.1) is 12.1 Å². The summed E-state index contributed by atoms with van der Waals surface area (Å²) < 4.78 is 5.81. The lowest BCUT2D eigenvalue weighted by molar-refractivity contribution is 0.0160. The van der Waals surface area contributed by atoms with Crippen molar-refractivity contribution in [3.8, 4) is 0 Å². The molecule has 1 N–H and O–H groups in total. The molecule has 1 saturated heterocycles. The molecule has 0 aromatic carbocycles. The molecular formula is C15H19NOS2. The minimum Gasteiger partial charge on any atom is -0.377 e. The van der Waals surface area contributed by atoms with Gasteiger partial charge in [-0.2, -0.15) is 0 Å². The Morgan fingerprint density at radius 2 is 1.89 bits per heavy atom. The summed E-state index contributed by atoms with van der Waals surface area (Å²) in [6, 6.07) is 9.00. The number of hydrogen-bond acceptors (Lipinski definition) is 4. The van der Waals surface area contributed by atoms with E-state index in [9.17, 15) is 0 Å². The van der Waals surface area contributed by atoms with Gasteiger partial charge in [-0.15, -0.1) is 22.7 Å². The molecule has 4 heteroatoms. The molecular weight excluding hydrogens is 274 g/mol. The Bertz CT molecular complexity index is 426. The number of hydrogen-bond donors (Lipinski definition) is 1. The fourth-order valence-corrected chi connectivity index (χ4v) is 4.18. The molecule has 102 valence electrons. The number of ether oxygens (including phenoxy) is 1. The molecule has 1 aliphatic rings. The summed E-state index contributed by atoms with van der Waals surface area (Å²) >= 11 is 3.64. The molecule has 0 spiro atoms. The highest BCUT2D eigenvalue weighted by Gasteiger charge is 2.19. The van der Waals surface area contributed by atoms with Gasteiger partial charge in [0.2, 0.25) is 0 Å². The van der Waals surface area contributed by atoms with Crippen LogP contribution in [0.4, 0.5) is 0 Å². The third-order valence-corrected chi connectivity index (χ3v) is 5.35. The summed E-state index contributed by atoms with van der Waals surface area (Å²) in [5.74, 6) is 0. The van der Waals surface area contributed by atoms with Crippen molar-refractivity contribution in [2.75, 3.05) is 13.2 Å². The van der Waals surface area contributed by atoms with Gasteiger partial charge in [0.25, 0.3) is 0 Å². The van der Waals surface area contributed by atoms with Crippen LogP contribution >= 0.6 is 22.7 Å². The van der Waals surface area contributed by atoms with Crippen molar-refractivity contribution in [1.29, 1.82) is 0 Å². The van der Waals surface area contributed by atoms with Crippen LogP contribution < -0.4 is 5.32 Å². The zero-order chi connectivity index (χ0) is 12.9. The Morgan fingerprint density at radius 3 is 2.42 bits per heavy atom. The van der Waals surface area contributed by atoms with Crippen molar-refractivity contribution >= 4 is 22.7 Å². The molecule has 1 fully saturated rings. The molecule has 2 aromatic heterocycles. The molecule has 19 heavy (non-hydrogen) atoms. The molecule has 0 amide bonds. The molecule has 1 aliphatic heterocycles. The molecule has 2 nitrogen and oxygen atoms in total. The molecule has 0 saturated carbocycles. The van der Waals surface area contributed by atoms with Crippen LogP contribution in [-0.2, 0) is 4.74 Å². The summed E-state index contributed by atoms with van der Waals surface area (Å²) in [6.45, 7) is 1.87. The topological polar surface area (TPSA) is 21.3 Å². The number of nitrogens with one attached hydrogen (secondary N) is 1. The number of thiophene rings is 2. The lowest BCUT2D eigenvalue weighted by atomic mass is 10.1. The Balaban J connectivity index is 1.66. The third-order valence-electron chi connectivity index (χ3n) is 3.48. The van der Waals surface area contributed by atoms with E-state index in [1.54, 1.807) is 0 Å². The van der Waals surface area contributed by atoms with E-state index in [0.717, 1.165) is 13.2 Å². The quantitative estimate of drug-likeness (QED) is 0.897. The van der Waals surface area contributed by atoms with Crippen LogP contribution in [0.1, 0.15) is 35.1 Å². The van der Waals surface area contributed by atoms with Crippen molar-refractivity contribution in [2.45, 2.75) is 31.4 Å². The number of rotatable bonds is 5. The van der Waals surface area contributed by atoms with Crippen LogP contribution in [-0.4, -0.2) is 19.3 Å². The first kappa shape index (κ1) is 13.3. The van der Waals surface area contributed by atoms with Gasteiger partial charge in [-0.1, -0.05) is 12.1 Å². The van der Waals surface area contributed by atoms with E-state index in [0.29, 0.717) is 12.1 Å². The van der Waals surface area contributed by atoms with Gasteiger partial charge in [0, 0.05) is 22.9 Å². The SMILES string of the molecule is c1csc(C(NCC2CCCCO2)c2cccs2)c1. The fraction of sp³-hybridized carbons (Fsp3) is 0.467. The van der Waals surface area contributed by atoms with Gasteiger partial charge in [-0.25, -0.2) is 0 Å². The zero-order valence-electron chi connectivity index (χ0n) is 10.9. The van der Waals surface area contributed by atoms with Crippen molar-refractivity contribution in [2.24, 2.45) is 0 Å².